The Morgan fingerprint density at radius 3 is 0.664 bits per heavy atom. The third-order valence-corrected chi connectivity index (χ3v) is 46.9. The molecule has 0 atom stereocenters. The van der Waals surface area contributed by atoms with Gasteiger partial charge in [-0.05, 0) is 0 Å². The van der Waals surface area contributed by atoms with Crippen LogP contribution in [0.4, 0.5) is 0 Å². The standard InChI is InChI=1S/C84H132O12Si5.8ClH.4Ru/c1-65(2)93-77-37-29-73(61-69(77)9)33-41-81(85)89-45-21-49-97(13,14)53-25-57-101(58-26-54-98(15,16)50-22-46-90-82(86)42-34-74-30-38-78(70(10)62-74)94-66(3)4,59-27-55-99(17,18)51-23-47-91-83(87)43-35-75-31-39-79(71(11)63-75)95-67(5)6)60-28-56-100(19,20)52-24-48-92-84(88)44-36-76-32-40-80(72(12)64-76)96-68(7)8;;;;;;;;;;;;/h9-12,29-32,37-40,61-68H,21-28,33-36,41-60H2,1-8,13-20H3;8*1H;;;;/q;;;;;;;;;4*+2/p-8. The van der Waals surface area contributed by atoms with Crippen LogP contribution in [0.1, 0.15) is 177 Å². The number of benzene rings is 4. The topological polar surface area (TPSA) is 142 Å². The van der Waals surface area contributed by atoms with E-state index >= 15 is 0 Å². The Morgan fingerprint density at radius 1 is 0.301 bits per heavy atom. The van der Waals surface area contributed by atoms with Crippen molar-refractivity contribution in [3.8, 4) is 23.0 Å². The van der Waals surface area contributed by atoms with Crippen molar-refractivity contribution >= 4 is 160 Å². The SMILES string of the molecule is CC(C)Oc1ccc(CCC(=O)OCCC[Si](C)(C)CCC[Si](CCC[Si](C)(C)CCCOC(=O)CCc2ccc(OC(C)C)c([CH]=[Ru]([Cl])[Cl])c2)(CCC[Si](C)(C)CCCOC(=O)CCc2ccc(OC(C)C)c([CH]=[Ru]([Cl])[Cl])c2)CCC[Si](C)(C)CCCOC(=O)CCc2ccc(OC(C)C)c([CH]=[Ru]([Cl])[Cl])c2)cc1[CH]=[Ru]([Cl])[Cl]. The summed E-state index contributed by atoms with van der Waals surface area (Å²) < 4.78 is 55.3. The molecule has 4 aromatic rings. The molecule has 648 valence electrons. The second-order valence-corrected chi connectivity index (χ2v) is 83.5. The van der Waals surface area contributed by atoms with Crippen LogP contribution in [0.15, 0.2) is 72.8 Å². The van der Waals surface area contributed by atoms with E-state index in [0.29, 0.717) is 77.8 Å². The molecule has 0 aliphatic heterocycles. The van der Waals surface area contributed by atoms with Crippen LogP contribution in [-0.2, 0) is 118 Å². The molecular weight excluding hydrogens is 2030 g/mol. The van der Waals surface area contributed by atoms with Crippen LogP contribution in [0.2, 0.25) is 125 Å². The fourth-order valence-electron chi connectivity index (χ4n) is 14.3. The van der Waals surface area contributed by atoms with Crippen molar-refractivity contribution in [1.82, 2.24) is 0 Å². The van der Waals surface area contributed by atoms with Gasteiger partial charge in [-0.15, -0.1) is 0 Å². The average molecular weight is 2160 g/mol. The molecule has 0 spiro atoms. The van der Waals surface area contributed by atoms with Gasteiger partial charge in [-0.2, -0.15) is 0 Å². The Hall–Kier alpha value is -0.662. The molecule has 0 aliphatic rings. The Morgan fingerprint density at radius 2 is 0.487 bits per heavy atom. The van der Waals surface area contributed by atoms with Crippen molar-refractivity contribution in [3.05, 3.63) is 117 Å². The van der Waals surface area contributed by atoms with Crippen LogP contribution in [0, 0.1) is 0 Å². The van der Waals surface area contributed by atoms with Crippen molar-refractivity contribution in [2.45, 2.75) is 307 Å². The summed E-state index contributed by atoms with van der Waals surface area (Å²) in [7, 11) is 41.7. The molecule has 0 aliphatic carbocycles. The van der Waals surface area contributed by atoms with E-state index < -0.39 is 94.4 Å². The summed E-state index contributed by atoms with van der Waals surface area (Å²) in [5.74, 6) is 2.23. The van der Waals surface area contributed by atoms with Gasteiger partial charge in [0.25, 0.3) is 0 Å². The number of hydrogen-bond acceptors (Lipinski definition) is 12. The zero-order valence-corrected chi connectivity index (χ0v) is 88.0. The van der Waals surface area contributed by atoms with Gasteiger partial charge in [0.15, 0.2) is 0 Å². The zero-order chi connectivity index (χ0) is 84.0. The molecule has 0 heterocycles. The van der Waals surface area contributed by atoms with Gasteiger partial charge in [-0.3, -0.25) is 0 Å². The summed E-state index contributed by atoms with van der Waals surface area (Å²) in [6.07, 6.45) is 11.8. The van der Waals surface area contributed by atoms with Crippen LogP contribution >= 0.6 is 77.5 Å². The molecule has 12 nitrogen and oxygen atoms in total. The molecule has 0 aromatic heterocycles. The molecule has 0 saturated heterocycles. The van der Waals surface area contributed by atoms with Crippen molar-refractivity contribution < 1.29 is 111 Å². The van der Waals surface area contributed by atoms with E-state index in [2.05, 4.69) is 52.4 Å². The van der Waals surface area contributed by atoms with Crippen molar-refractivity contribution in [3.63, 3.8) is 0 Å². The Bertz CT molecular complexity index is 3260. The summed E-state index contributed by atoms with van der Waals surface area (Å²) in [5, 5.41) is 0. The summed E-state index contributed by atoms with van der Waals surface area (Å²) in [6.45, 7) is 37.9. The second kappa shape index (κ2) is 54.8. The van der Waals surface area contributed by atoms with Crippen molar-refractivity contribution in [1.29, 1.82) is 0 Å². The Labute approximate surface area is 737 Å². The molecule has 0 saturated carbocycles. The van der Waals surface area contributed by atoms with E-state index in [1.165, 1.54) is 74.0 Å². The van der Waals surface area contributed by atoms with Gasteiger partial charge in [0.05, 0.1) is 8.07 Å². The Kier molecular flexibility index (Phi) is 50.7. The third kappa shape index (κ3) is 47.5. The van der Waals surface area contributed by atoms with E-state index in [-0.39, 0.29) is 48.3 Å². The third-order valence-electron chi connectivity index (χ3n) is 20.3. The molecule has 0 N–H and O–H groups in total. The number of halogens is 8. The van der Waals surface area contributed by atoms with Gasteiger partial charge in [0.2, 0.25) is 0 Å². The number of ether oxygens (including phenoxy) is 8. The maximum absolute atomic E-state index is 13.2. The molecule has 0 bridgehead atoms. The molecule has 4 rings (SSSR count). The van der Waals surface area contributed by atoms with Gasteiger partial charge in [0, 0.05) is 0 Å². The number of esters is 4. The van der Waals surface area contributed by atoms with E-state index in [1.54, 1.807) is 0 Å². The van der Waals surface area contributed by atoms with Gasteiger partial charge in [0.1, 0.15) is 0 Å². The van der Waals surface area contributed by atoms with E-state index in [0.717, 1.165) is 117 Å². The van der Waals surface area contributed by atoms with Crippen LogP contribution in [0.3, 0.4) is 0 Å². The maximum atomic E-state index is 13.2. The molecule has 0 fully saturated rings. The predicted octanol–water partition coefficient (Wildman–Crippen LogP) is 25.5. The molecule has 0 unspecified atom stereocenters. The van der Waals surface area contributed by atoms with Crippen molar-refractivity contribution in [2.75, 3.05) is 26.4 Å². The van der Waals surface area contributed by atoms with Gasteiger partial charge in [-0.25, -0.2) is 0 Å². The van der Waals surface area contributed by atoms with Crippen molar-refractivity contribution in [2.24, 2.45) is 0 Å². The fourth-order valence-corrected chi connectivity index (χ4v) is 38.0. The average Bonchev–Trinajstić information content (AvgIpc) is 0.870. The summed E-state index contributed by atoms with van der Waals surface area (Å²) in [5.41, 5.74) is 7.53. The molecule has 4 aromatic carbocycles. The molecule has 0 amide bonds. The first-order valence-corrected chi connectivity index (χ1v) is 78.6. The second-order valence-electron chi connectivity index (χ2n) is 34.2. The first kappa shape index (κ1) is 105. The number of aryl methyl sites for hydroxylation is 4. The molecule has 113 heavy (non-hydrogen) atoms. The van der Waals surface area contributed by atoms with E-state index in [4.69, 9.17) is 115 Å². The van der Waals surface area contributed by atoms with E-state index in [9.17, 15) is 19.2 Å². The monoisotopic (exact) mass is 2160 g/mol. The minimum atomic E-state index is -2.11. The summed E-state index contributed by atoms with van der Waals surface area (Å²) in [4.78, 5) is 52.9. The number of carbonyl (C=O) groups excluding carboxylic acids is 4. The van der Waals surface area contributed by atoms with Gasteiger partial charge in [-0.1, -0.05) is 126 Å². The Balaban J connectivity index is 1.50. The molecule has 0 radical (unpaired) electrons. The quantitative estimate of drug-likeness (QED) is 0.0180. The van der Waals surface area contributed by atoms with Crippen LogP contribution in [0.5, 0.6) is 23.0 Å². The summed E-state index contributed by atoms with van der Waals surface area (Å²) >= 11 is -8.44. The normalized spacial score (nSPS) is 12.7. The first-order chi connectivity index (χ1) is 53.1. The van der Waals surface area contributed by atoms with Crippen LogP contribution in [-0.4, -0.2) is 134 Å². The zero-order valence-electron chi connectivity index (χ0n) is 70.0. The fraction of sp³-hybridized carbons (Fsp3) is 0.619. The van der Waals surface area contributed by atoms with E-state index in [1.807, 2.05) is 147 Å². The van der Waals surface area contributed by atoms with Crippen LogP contribution in [0.25, 0.3) is 0 Å². The predicted molar refractivity (Wildman–Crippen MR) is 484 cm³/mol. The molecular formula is C84H132Cl8O12Ru4Si5. The first-order valence-electron chi connectivity index (χ1n) is 40.2. The number of carbonyl (C=O) groups is 4. The van der Waals surface area contributed by atoms with Gasteiger partial charge < -0.3 is 0 Å². The van der Waals surface area contributed by atoms with Crippen LogP contribution < -0.4 is 18.9 Å². The minimum absolute atomic E-state index is 0.00177. The summed E-state index contributed by atoms with van der Waals surface area (Å²) in [6, 6.07) is 38.5. The number of hydrogen-bond donors (Lipinski definition) is 0. The van der Waals surface area contributed by atoms with Gasteiger partial charge >= 0.3 is 611 Å². The molecule has 29 heteroatoms. The number of rotatable bonds is 56.